The molecule has 3 rings (SSSR count). The molecule has 4 nitrogen and oxygen atoms in total. The number of ether oxygens (including phenoxy) is 1. The maximum Gasteiger partial charge on any atom is 0.279 e. The molecule has 1 heterocycles. The van der Waals surface area contributed by atoms with Crippen molar-refractivity contribution in [2.45, 2.75) is 6.54 Å². The van der Waals surface area contributed by atoms with E-state index in [0.29, 0.717) is 21.9 Å². The quantitative estimate of drug-likeness (QED) is 0.671. The van der Waals surface area contributed by atoms with E-state index < -0.39 is 0 Å². The van der Waals surface area contributed by atoms with Crippen LogP contribution >= 0.6 is 22.9 Å². The van der Waals surface area contributed by atoms with Crippen LogP contribution in [0.5, 0.6) is 5.75 Å². The highest BCUT2D eigenvalue weighted by Crippen LogP contribution is 2.23. The first-order valence-corrected chi connectivity index (χ1v) is 8.27. The molecule has 1 aromatic heterocycles. The van der Waals surface area contributed by atoms with Gasteiger partial charge in [0.2, 0.25) is 0 Å². The lowest BCUT2D eigenvalue weighted by molar-refractivity contribution is 0.0998. The van der Waals surface area contributed by atoms with E-state index in [2.05, 4.69) is 10.9 Å². The summed E-state index contributed by atoms with van der Waals surface area (Å²) in [5.74, 6) is 3.01. The van der Waals surface area contributed by atoms with Crippen LogP contribution in [-0.4, -0.2) is 17.6 Å². The molecule has 0 aliphatic carbocycles. The van der Waals surface area contributed by atoms with Gasteiger partial charge in [0.1, 0.15) is 5.75 Å². The van der Waals surface area contributed by atoms with Crippen LogP contribution in [0.25, 0.3) is 10.2 Å². The fraction of sp³-hybridized carbons (Fsp3) is 0.111. The van der Waals surface area contributed by atoms with Gasteiger partial charge in [0.05, 0.1) is 23.9 Å². The van der Waals surface area contributed by atoms with Gasteiger partial charge in [-0.1, -0.05) is 28.9 Å². The van der Waals surface area contributed by atoms with Gasteiger partial charge in [-0.25, -0.2) is 0 Å². The first kappa shape index (κ1) is 16.3. The van der Waals surface area contributed by atoms with Crippen molar-refractivity contribution in [1.82, 2.24) is 4.57 Å². The van der Waals surface area contributed by atoms with Crippen LogP contribution in [0.3, 0.4) is 0 Å². The van der Waals surface area contributed by atoms with Gasteiger partial charge < -0.3 is 9.30 Å². The van der Waals surface area contributed by atoms with Crippen molar-refractivity contribution < 1.29 is 9.53 Å². The average molecular weight is 357 g/mol. The van der Waals surface area contributed by atoms with Crippen LogP contribution < -0.4 is 9.54 Å². The number of methoxy groups -OCH3 is 1. The summed E-state index contributed by atoms with van der Waals surface area (Å²) in [5, 5.41) is 0.572. The van der Waals surface area contributed by atoms with Gasteiger partial charge in [-0.05, 0) is 42.5 Å². The van der Waals surface area contributed by atoms with E-state index in [-0.39, 0.29) is 5.91 Å². The molecule has 0 saturated heterocycles. The third kappa shape index (κ3) is 3.21. The van der Waals surface area contributed by atoms with E-state index in [4.69, 9.17) is 22.8 Å². The van der Waals surface area contributed by atoms with Gasteiger partial charge in [0, 0.05) is 10.6 Å². The second kappa shape index (κ2) is 6.91. The number of rotatable bonds is 3. The standard InChI is InChI=1S/C18H13ClN2O2S/c1-3-10-21-15-9-8-14(23-2)11-16(15)24-18(21)20-17(22)12-4-6-13(19)7-5-12/h1,4-9,11H,10H2,2H3. The average Bonchev–Trinajstić information content (AvgIpc) is 2.92. The highest BCUT2D eigenvalue weighted by Gasteiger charge is 2.09. The molecule has 0 bridgehead atoms. The van der Waals surface area contributed by atoms with E-state index >= 15 is 0 Å². The third-order valence-corrected chi connectivity index (χ3v) is 4.72. The van der Waals surface area contributed by atoms with Crippen LogP contribution in [-0.2, 0) is 6.54 Å². The first-order chi connectivity index (χ1) is 11.6. The molecule has 0 aliphatic heterocycles. The summed E-state index contributed by atoms with van der Waals surface area (Å²) in [7, 11) is 1.61. The molecule has 0 atom stereocenters. The Balaban J connectivity index is 2.13. The van der Waals surface area contributed by atoms with Crippen molar-refractivity contribution in [2.24, 2.45) is 4.99 Å². The minimum Gasteiger partial charge on any atom is -0.497 e. The zero-order valence-electron chi connectivity index (χ0n) is 12.8. The zero-order valence-corrected chi connectivity index (χ0v) is 14.4. The molecule has 0 aliphatic rings. The summed E-state index contributed by atoms with van der Waals surface area (Å²) in [6, 6.07) is 12.3. The van der Waals surface area contributed by atoms with Gasteiger partial charge in [0.15, 0.2) is 4.80 Å². The molecule has 3 aromatic rings. The van der Waals surface area contributed by atoms with E-state index in [1.807, 2.05) is 22.8 Å². The van der Waals surface area contributed by atoms with Gasteiger partial charge in [-0.2, -0.15) is 4.99 Å². The molecular formula is C18H13ClN2O2S. The number of aromatic nitrogens is 1. The van der Waals surface area contributed by atoms with Crippen molar-refractivity contribution in [2.75, 3.05) is 7.11 Å². The minimum atomic E-state index is -0.337. The van der Waals surface area contributed by atoms with Gasteiger partial charge >= 0.3 is 0 Å². The molecular weight excluding hydrogens is 344 g/mol. The third-order valence-electron chi connectivity index (χ3n) is 3.43. The van der Waals surface area contributed by atoms with Crippen molar-refractivity contribution >= 4 is 39.1 Å². The highest BCUT2D eigenvalue weighted by molar-refractivity contribution is 7.16. The number of terminal acetylenes is 1. The number of fused-ring (bicyclic) bond motifs is 1. The summed E-state index contributed by atoms with van der Waals surface area (Å²) in [6.45, 7) is 0.332. The summed E-state index contributed by atoms with van der Waals surface area (Å²) in [4.78, 5) is 17.2. The zero-order chi connectivity index (χ0) is 17.1. The Bertz CT molecular complexity index is 1010. The summed E-state index contributed by atoms with van der Waals surface area (Å²) in [5.41, 5.74) is 1.39. The number of hydrogen-bond donors (Lipinski definition) is 0. The first-order valence-electron chi connectivity index (χ1n) is 7.08. The lowest BCUT2D eigenvalue weighted by Gasteiger charge is -2.01. The number of amides is 1. The van der Waals surface area contributed by atoms with Crippen molar-refractivity contribution in [3.63, 3.8) is 0 Å². The van der Waals surface area contributed by atoms with Crippen LogP contribution in [0.15, 0.2) is 47.5 Å². The normalized spacial score (nSPS) is 11.5. The van der Waals surface area contributed by atoms with Crippen LogP contribution in [0.2, 0.25) is 5.02 Å². The predicted molar refractivity (Wildman–Crippen MR) is 96.5 cm³/mol. The van der Waals surface area contributed by atoms with Crippen LogP contribution in [0.4, 0.5) is 0 Å². The van der Waals surface area contributed by atoms with E-state index in [1.54, 1.807) is 31.4 Å². The Hall–Kier alpha value is -2.55. The number of halogens is 1. The largest absolute Gasteiger partial charge is 0.497 e. The topological polar surface area (TPSA) is 43.6 Å². The van der Waals surface area contributed by atoms with Crippen LogP contribution in [0.1, 0.15) is 10.4 Å². The monoisotopic (exact) mass is 356 g/mol. The molecule has 0 spiro atoms. The molecule has 1 amide bonds. The van der Waals surface area contributed by atoms with Gasteiger partial charge in [-0.15, -0.1) is 6.42 Å². The van der Waals surface area contributed by atoms with Crippen molar-refractivity contribution in [3.05, 3.63) is 57.9 Å². The molecule has 2 aromatic carbocycles. The Morgan fingerprint density at radius 2 is 2.08 bits per heavy atom. The lowest BCUT2D eigenvalue weighted by atomic mass is 10.2. The van der Waals surface area contributed by atoms with Crippen molar-refractivity contribution in [3.8, 4) is 18.1 Å². The SMILES string of the molecule is C#CCn1c(=NC(=O)c2ccc(Cl)cc2)sc2cc(OC)ccc21. The number of carbonyl (C=O) groups is 1. The van der Waals surface area contributed by atoms with E-state index in [0.717, 1.165) is 16.0 Å². The minimum absolute atomic E-state index is 0.332. The van der Waals surface area contributed by atoms with E-state index in [9.17, 15) is 4.79 Å². The van der Waals surface area contributed by atoms with E-state index in [1.165, 1.54) is 11.3 Å². The Kier molecular flexibility index (Phi) is 4.70. The van der Waals surface area contributed by atoms with Gasteiger partial charge in [0.25, 0.3) is 5.91 Å². The fourth-order valence-corrected chi connectivity index (χ4v) is 3.44. The maximum absolute atomic E-state index is 12.4. The summed E-state index contributed by atoms with van der Waals surface area (Å²) in [6.07, 6.45) is 5.46. The highest BCUT2D eigenvalue weighted by atomic mass is 35.5. The molecule has 0 N–H and O–H groups in total. The number of hydrogen-bond acceptors (Lipinski definition) is 3. The van der Waals surface area contributed by atoms with Gasteiger partial charge in [-0.3, -0.25) is 4.79 Å². The molecule has 0 saturated carbocycles. The predicted octanol–water partition coefficient (Wildman–Crippen LogP) is 3.74. The number of carbonyl (C=O) groups excluding carboxylic acids is 1. The summed E-state index contributed by atoms with van der Waals surface area (Å²) < 4.78 is 8.03. The number of thiazole rings is 1. The molecule has 6 heteroatoms. The fourth-order valence-electron chi connectivity index (χ4n) is 2.25. The van der Waals surface area contributed by atoms with Crippen molar-refractivity contribution in [1.29, 1.82) is 0 Å². The Morgan fingerprint density at radius 3 is 2.75 bits per heavy atom. The second-order valence-corrected chi connectivity index (χ2v) is 6.38. The molecule has 0 unspecified atom stereocenters. The number of benzene rings is 2. The van der Waals surface area contributed by atoms with Crippen LogP contribution in [0, 0.1) is 12.3 Å². The molecule has 120 valence electrons. The lowest BCUT2D eigenvalue weighted by Crippen LogP contribution is -2.16. The molecule has 0 fully saturated rings. The second-order valence-electron chi connectivity index (χ2n) is 4.93. The maximum atomic E-state index is 12.4. The Morgan fingerprint density at radius 1 is 1.33 bits per heavy atom. The Labute approximate surface area is 148 Å². The summed E-state index contributed by atoms with van der Waals surface area (Å²) >= 11 is 7.24. The molecule has 0 radical (unpaired) electrons. The number of nitrogens with zero attached hydrogens (tertiary/aromatic N) is 2. The molecule has 24 heavy (non-hydrogen) atoms. The smallest absolute Gasteiger partial charge is 0.279 e.